The lowest BCUT2D eigenvalue weighted by Gasteiger charge is -2.35. The fraction of sp³-hybridized carbons (Fsp3) is 0.476. The number of aryl methyl sites for hydroxylation is 2. The Morgan fingerprint density at radius 3 is 2.79 bits per heavy atom. The van der Waals surface area contributed by atoms with Crippen molar-refractivity contribution in [1.82, 2.24) is 25.3 Å². The Morgan fingerprint density at radius 2 is 2.10 bits per heavy atom. The summed E-state index contributed by atoms with van der Waals surface area (Å²) in [5, 5.41) is 9.95. The summed E-state index contributed by atoms with van der Waals surface area (Å²) in [6.07, 6.45) is 0.770. The first-order chi connectivity index (χ1) is 13.9. The van der Waals surface area contributed by atoms with Gasteiger partial charge in [0.2, 0.25) is 11.8 Å². The van der Waals surface area contributed by atoms with Crippen molar-refractivity contribution in [3.63, 3.8) is 0 Å². The van der Waals surface area contributed by atoms with Crippen LogP contribution in [0.1, 0.15) is 28.9 Å². The van der Waals surface area contributed by atoms with Gasteiger partial charge in [0.05, 0.1) is 18.2 Å². The fourth-order valence-electron chi connectivity index (χ4n) is 3.69. The van der Waals surface area contributed by atoms with Crippen molar-refractivity contribution in [2.24, 2.45) is 0 Å². The summed E-state index contributed by atoms with van der Waals surface area (Å²) in [4.78, 5) is 28.7. The van der Waals surface area contributed by atoms with E-state index in [1.807, 2.05) is 18.7 Å². The van der Waals surface area contributed by atoms with E-state index < -0.39 is 6.04 Å². The van der Waals surface area contributed by atoms with Crippen molar-refractivity contribution in [3.05, 3.63) is 52.6 Å². The lowest BCUT2D eigenvalue weighted by atomic mass is 10.1. The van der Waals surface area contributed by atoms with E-state index in [4.69, 9.17) is 0 Å². The summed E-state index contributed by atoms with van der Waals surface area (Å²) in [7, 11) is 1.75. The number of nitrogens with one attached hydrogen (secondary N) is 2. The average Bonchev–Trinajstić information content (AvgIpc) is 3.02. The Labute approximate surface area is 170 Å². The number of amides is 2. The van der Waals surface area contributed by atoms with E-state index in [0.29, 0.717) is 38.2 Å². The Bertz CT molecular complexity index is 862. The number of H-pyrrole nitrogens is 1. The molecule has 0 unspecified atom stereocenters. The number of rotatable bonds is 7. The maximum absolute atomic E-state index is 14.0. The molecule has 156 valence electrons. The number of likely N-dealkylation sites (N-methyl/N-ethyl adjacent to an activating group) is 1. The molecule has 0 spiro atoms. The van der Waals surface area contributed by atoms with Crippen LogP contribution in [-0.2, 0) is 22.6 Å². The second-order valence-corrected chi connectivity index (χ2v) is 7.55. The molecule has 0 bridgehead atoms. The minimum Gasteiger partial charge on any atom is -0.353 e. The van der Waals surface area contributed by atoms with Gasteiger partial charge in [-0.2, -0.15) is 5.10 Å². The SMILES string of the molecule is Cc1n[nH]c(C)c1CCN(C)C(=O)C[C@H]1C(=O)NCCN1Cc1ccccc1F. The second kappa shape index (κ2) is 9.17. The van der Waals surface area contributed by atoms with Crippen LogP contribution >= 0.6 is 0 Å². The van der Waals surface area contributed by atoms with E-state index in [9.17, 15) is 14.0 Å². The first-order valence-corrected chi connectivity index (χ1v) is 9.86. The van der Waals surface area contributed by atoms with E-state index in [1.54, 1.807) is 30.1 Å². The number of nitrogens with zero attached hydrogens (tertiary/aromatic N) is 3. The summed E-state index contributed by atoms with van der Waals surface area (Å²) < 4.78 is 14.0. The van der Waals surface area contributed by atoms with Gasteiger partial charge in [-0.15, -0.1) is 0 Å². The zero-order chi connectivity index (χ0) is 21.0. The highest BCUT2D eigenvalue weighted by molar-refractivity contribution is 5.88. The molecule has 1 aliphatic rings. The molecule has 2 heterocycles. The van der Waals surface area contributed by atoms with Crippen molar-refractivity contribution >= 4 is 11.8 Å². The van der Waals surface area contributed by atoms with Crippen LogP contribution in [0.4, 0.5) is 4.39 Å². The third kappa shape index (κ3) is 5.00. The number of hydrogen-bond donors (Lipinski definition) is 2. The standard InChI is InChI=1S/C21H28FN5O2/c1-14-17(15(2)25-24-14)8-10-26(3)20(28)12-19-21(29)23-9-11-27(19)13-16-6-4-5-7-18(16)22/h4-7,19H,8-13H2,1-3H3,(H,23,29)(H,24,25)/t19-/m0/s1. The van der Waals surface area contributed by atoms with Crippen LogP contribution in [0, 0.1) is 19.7 Å². The van der Waals surface area contributed by atoms with Crippen molar-refractivity contribution < 1.29 is 14.0 Å². The first-order valence-electron chi connectivity index (χ1n) is 9.86. The molecular formula is C21H28FN5O2. The zero-order valence-electron chi connectivity index (χ0n) is 17.2. The average molecular weight is 401 g/mol. The molecule has 2 amide bonds. The molecule has 0 radical (unpaired) electrons. The third-order valence-corrected chi connectivity index (χ3v) is 5.54. The van der Waals surface area contributed by atoms with Gasteiger partial charge in [0, 0.05) is 44.5 Å². The quantitative estimate of drug-likeness (QED) is 0.738. The third-order valence-electron chi connectivity index (χ3n) is 5.54. The van der Waals surface area contributed by atoms with Gasteiger partial charge in [-0.1, -0.05) is 18.2 Å². The molecule has 1 saturated heterocycles. The largest absolute Gasteiger partial charge is 0.353 e. The van der Waals surface area contributed by atoms with Crippen LogP contribution in [-0.4, -0.2) is 64.5 Å². The van der Waals surface area contributed by atoms with Gasteiger partial charge in [0.15, 0.2) is 0 Å². The Kier molecular flexibility index (Phi) is 6.64. The number of halogens is 1. The number of piperazine rings is 1. The van der Waals surface area contributed by atoms with Crippen LogP contribution < -0.4 is 5.32 Å². The smallest absolute Gasteiger partial charge is 0.237 e. The molecule has 7 nitrogen and oxygen atoms in total. The molecule has 1 aromatic heterocycles. The lowest BCUT2D eigenvalue weighted by Crippen LogP contribution is -2.56. The van der Waals surface area contributed by atoms with Gasteiger partial charge in [0.1, 0.15) is 5.82 Å². The maximum atomic E-state index is 14.0. The highest BCUT2D eigenvalue weighted by Gasteiger charge is 2.32. The van der Waals surface area contributed by atoms with E-state index >= 15 is 0 Å². The van der Waals surface area contributed by atoms with Crippen molar-refractivity contribution in [2.45, 2.75) is 39.3 Å². The number of aromatic amines is 1. The Morgan fingerprint density at radius 1 is 1.34 bits per heavy atom. The minimum absolute atomic E-state index is 0.0696. The minimum atomic E-state index is -0.601. The molecule has 3 rings (SSSR count). The Hall–Kier alpha value is -2.74. The maximum Gasteiger partial charge on any atom is 0.237 e. The number of hydrogen-bond acceptors (Lipinski definition) is 4. The van der Waals surface area contributed by atoms with Gasteiger partial charge in [-0.25, -0.2) is 4.39 Å². The molecule has 0 saturated carbocycles. The summed E-state index contributed by atoms with van der Waals surface area (Å²) in [5.41, 5.74) is 3.58. The summed E-state index contributed by atoms with van der Waals surface area (Å²) in [5.74, 6) is -0.591. The number of benzene rings is 1. The van der Waals surface area contributed by atoms with Gasteiger partial charge >= 0.3 is 0 Å². The van der Waals surface area contributed by atoms with Gasteiger partial charge in [-0.3, -0.25) is 19.6 Å². The van der Waals surface area contributed by atoms with Gasteiger partial charge in [-0.05, 0) is 31.9 Å². The van der Waals surface area contributed by atoms with Crippen LogP contribution in [0.3, 0.4) is 0 Å². The van der Waals surface area contributed by atoms with Crippen LogP contribution in [0.25, 0.3) is 0 Å². The van der Waals surface area contributed by atoms with Crippen molar-refractivity contribution in [3.8, 4) is 0 Å². The Balaban J connectivity index is 1.62. The highest BCUT2D eigenvalue weighted by atomic mass is 19.1. The fourth-order valence-corrected chi connectivity index (χ4v) is 3.69. The normalized spacial score (nSPS) is 17.2. The lowest BCUT2D eigenvalue weighted by molar-refractivity contribution is -0.138. The van der Waals surface area contributed by atoms with Crippen molar-refractivity contribution in [2.75, 3.05) is 26.7 Å². The molecular weight excluding hydrogens is 373 g/mol. The molecule has 1 fully saturated rings. The molecule has 0 aliphatic carbocycles. The molecule has 1 aromatic carbocycles. The van der Waals surface area contributed by atoms with E-state index in [-0.39, 0.29) is 24.1 Å². The molecule has 1 aliphatic heterocycles. The molecule has 8 heteroatoms. The summed E-state index contributed by atoms with van der Waals surface area (Å²) in [6.45, 7) is 5.82. The predicted octanol–water partition coefficient (Wildman–Crippen LogP) is 1.56. The molecule has 29 heavy (non-hydrogen) atoms. The predicted molar refractivity (Wildman–Crippen MR) is 108 cm³/mol. The topological polar surface area (TPSA) is 81.3 Å². The summed E-state index contributed by atoms with van der Waals surface area (Å²) in [6, 6.07) is 5.93. The van der Waals surface area contributed by atoms with E-state index in [1.165, 1.54) is 6.07 Å². The van der Waals surface area contributed by atoms with Gasteiger partial charge < -0.3 is 10.2 Å². The van der Waals surface area contributed by atoms with E-state index in [2.05, 4.69) is 15.5 Å². The number of aromatic nitrogens is 2. The second-order valence-electron chi connectivity index (χ2n) is 7.55. The highest BCUT2D eigenvalue weighted by Crippen LogP contribution is 2.17. The molecule has 2 aromatic rings. The first kappa shape index (κ1) is 21.0. The van der Waals surface area contributed by atoms with Crippen LogP contribution in [0.15, 0.2) is 24.3 Å². The molecule has 1 atom stereocenters. The van der Waals surface area contributed by atoms with Gasteiger partial charge in [0.25, 0.3) is 0 Å². The summed E-state index contributed by atoms with van der Waals surface area (Å²) >= 11 is 0. The molecule has 2 N–H and O–H groups in total. The number of carbonyl (C=O) groups is 2. The zero-order valence-corrected chi connectivity index (χ0v) is 17.2. The van der Waals surface area contributed by atoms with Crippen LogP contribution in [0.5, 0.6) is 0 Å². The monoisotopic (exact) mass is 401 g/mol. The van der Waals surface area contributed by atoms with Crippen molar-refractivity contribution in [1.29, 1.82) is 0 Å². The van der Waals surface area contributed by atoms with E-state index in [0.717, 1.165) is 17.0 Å². The number of carbonyl (C=O) groups excluding carboxylic acids is 2. The van der Waals surface area contributed by atoms with Crippen LogP contribution in [0.2, 0.25) is 0 Å².